The smallest absolute Gasteiger partial charge is 0.399 e. The van der Waals surface area contributed by atoms with E-state index in [4.69, 9.17) is 0 Å². The van der Waals surface area contributed by atoms with Crippen LogP contribution in [0, 0.1) is 17.5 Å². The number of hydrogen-bond donors (Lipinski definition) is 0. The molecule has 1 nitrogen and oxygen atoms in total. The van der Waals surface area contributed by atoms with E-state index < -0.39 is 41.2 Å². The van der Waals surface area contributed by atoms with Gasteiger partial charge in [0.2, 0.25) is 5.75 Å². The van der Waals surface area contributed by atoms with Gasteiger partial charge in [-0.3, -0.25) is 0 Å². The fourth-order valence-electron chi connectivity index (χ4n) is 2.87. The lowest BCUT2D eigenvalue weighted by Crippen LogP contribution is -2.19. The van der Waals surface area contributed by atoms with Crippen LogP contribution in [0.3, 0.4) is 0 Å². The molecule has 0 bridgehead atoms. The third-order valence-electron chi connectivity index (χ3n) is 4.27. The molecule has 0 N–H and O–H groups in total. The molecule has 0 fully saturated rings. The summed E-state index contributed by atoms with van der Waals surface area (Å²) in [4.78, 5) is 0. The molecule has 0 spiro atoms. The molecule has 9 heteroatoms. The molecule has 0 aliphatic carbocycles. The van der Waals surface area contributed by atoms with Crippen LogP contribution < -0.4 is 4.74 Å². The van der Waals surface area contributed by atoms with Gasteiger partial charge in [-0.2, -0.15) is 0 Å². The fourth-order valence-corrected chi connectivity index (χ4v) is 2.87. The molecule has 0 saturated heterocycles. The van der Waals surface area contributed by atoms with Crippen molar-refractivity contribution in [1.29, 1.82) is 0 Å². The highest BCUT2D eigenvalue weighted by Gasteiger charge is 2.34. The lowest BCUT2D eigenvalue weighted by atomic mass is 9.98. The highest BCUT2D eigenvalue weighted by Crippen LogP contribution is 2.35. The summed E-state index contributed by atoms with van der Waals surface area (Å²) in [5.74, 6) is -7.87. The fraction of sp³-hybridized carbons (Fsp3) is 0.0909. The van der Waals surface area contributed by atoms with Gasteiger partial charge in [-0.15, -0.1) is 13.2 Å². The van der Waals surface area contributed by atoms with Crippen LogP contribution in [-0.2, 0) is 0 Å². The van der Waals surface area contributed by atoms with E-state index in [9.17, 15) is 35.1 Å². The molecule has 0 heterocycles. The van der Waals surface area contributed by atoms with E-state index in [0.29, 0.717) is 23.3 Å². The summed E-state index contributed by atoms with van der Waals surface area (Å²) >= 11 is 0. The number of allylic oxidation sites excluding steroid dienone is 1. The van der Waals surface area contributed by atoms with Gasteiger partial charge in [-0.05, 0) is 41.8 Å². The highest BCUT2D eigenvalue weighted by molar-refractivity contribution is 5.73. The Morgan fingerprint density at radius 1 is 0.710 bits per heavy atom. The van der Waals surface area contributed by atoms with Crippen molar-refractivity contribution in [3.63, 3.8) is 0 Å². The number of hydrogen-bond acceptors (Lipinski definition) is 1. The van der Waals surface area contributed by atoms with Gasteiger partial charge in [-0.1, -0.05) is 36.4 Å². The molecule has 162 valence electrons. The molecule has 31 heavy (non-hydrogen) atoms. The van der Waals surface area contributed by atoms with Gasteiger partial charge in [-0.25, -0.2) is 22.0 Å². The van der Waals surface area contributed by atoms with Gasteiger partial charge in [0.1, 0.15) is 11.6 Å². The standard InChI is InChI=1S/C22H12F8O/c1-11(23)20(27)13-4-2-12(3-5-13)14-6-7-16(17(24)8-14)15-9-18(25)21(19(26)10-15)31-22(28,29)30/h2-10H,1H3. The number of ether oxygens (including phenoxy) is 1. The summed E-state index contributed by atoms with van der Waals surface area (Å²) in [5.41, 5.74) is 0.165. The Morgan fingerprint density at radius 2 is 1.23 bits per heavy atom. The number of halogens is 8. The van der Waals surface area contributed by atoms with Crippen LogP contribution in [0.2, 0.25) is 0 Å². The molecule has 0 aliphatic rings. The molecular formula is C22H12F8O. The zero-order chi connectivity index (χ0) is 22.9. The van der Waals surface area contributed by atoms with Crippen molar-refractivity contribution in [3.8, 4) is 28.0 Å². The normalized spacial score (nSPS) is 12.5. The molecule has 3 aromatic rings. The lowest BCUT2D eigenvalue weighted by molar-refractivity contribution is -0.276. The first-order valence-electron chi connectivity index (χ1n) is 8.63. The number of alkyl halides is 3. The molecule has 0 aliphatic heterocycles. The van der Waals surface area contributed by atoms with Gasteiger partial charge in [0.15, 0.2) is 17.5 Å². The summed E-state index contributed by atoms with van der Waals surface area (Å²) in [6.45, 7) is 0.963. The molecular weight excluding hydrogens is 432 g/mol. The van der Waals surface area contributed by atoms with Crippen LogP contribution in [0.4, 0.5) is 35.1 Å². The van der Waals surface area contributed by atoms with Crippen LogP contribution in [0.5, 0.6) is 5.75 Å². The van der Waals surface area contributed by atoms with Crippen LogP contribution in [0.1, 0.15) is 12.5 Å². The Labute approximate surface area is 171 Å². The maximum absolute atomic E-state index is 14.6. The second kappa shape index (κ2) is 8.41. The molecule has 0 aromatic heterocycles. The van der Waals surface area contributed by atoms with Gasteiger partial charge >= 0.3 is 6.36 Å². The Hall–Kier alpha value is -3.36. The van der Waals surface area contributed by atoms with Crippen molar-refractivity contribution in [2.45, 2.75) is 13.3 Å². The summed E-state index contributed by atoms with van der Waals surface area (Å²) in [6, 6.07) is 10.1. The first-order chi connectivity index (χ1) is 14.5. The molecule has 0 unspecified atom stereocenters. The van der Waals surface area contributed by atoms with Crippen molar-refractivity contribution in [3.05, 3.63) is 83.4 Å². The third kappa shape index (κ3) is 5.04. The van der Waals surface area contributed by atoms with Crippen molar-refractivity contribution in [2.24, 2.45) is 0 Å². The van der Waals surface area contributed by atoms with E-state index in [2.05, 4.69) is 4.74 Å². The van der Waals surface area contributed by atoms with Gasteiger partial charge in [0.05, 0.1) is 0 Å². The third-order valence-corrected chi connectivity index (χ3v) is 4.27. The van der Waals surface area contributed by atoms with Crippen molar-refractivity contribution >= 4 is 5.83 Å². The first kappa shape index (κ1) is 22.3. The molecule has 0 atom stereocenters. The largest absolute Gasteiger partial charge is 0.573 e. The first-order valence-corrected chi connectivity index (χ1v) is 8.63. The summed E-state index contributed by atoms with van der Waals surface area (Å²) in [6.07, 6.45) is -5.30. The van der Waals surface area contributed by atoms with Crippen molar-refractivity contribution < 1.29 is 39.9 Å². The zero-order valence-corrected chi connectivity index (χ0v) is 15.6. The topological polar surface area (TPSA) is 9.23 Å². The van der Waals surface area contributed by atoms with E-state index in [1.54, 1.807) is 0 Å². The predicted octanol–water partition coefficient (Wildman–Crippen LogP) is 7.96. The lowest BCUT2D eigenvalue weighted by Gasteiger charge is -2.13. The summed E-state index contributed by atoms with van der Waals surface area (Å²) in [7, 11) is 0. The molecule has 3 aromatic carbocycles. The molecule has 0 saturated carbocycles. The predicted molar refractivity (Wildman–Crippen MR) is 98.7 cm³/mol. The summed E-state index contributed by atoms with van der Waals surface area (Å²) in [5, 5.41) is 0. The second-order valence-corrected chi connectivity index (χ2v) is 6.44. The van der Waals surface area contributed by atoms with Crippen LogP contribution in [0.25, 0.3) is 28.1 Å². The number of benzene rings is 3. The maximum atomic E-state index is 14.6. The van der Waals surface area contributed by atoms with Crippen LogP contribution >= 0.6 is 0 Å². The monoisotopic (exact) mass is 444 g/mol. The van der Waals surface area contributed by atoms with Gasteiger partial charge in [0, 0.05) is 11.1 Å². The van der Waals surface area contributed by atoms with E-state index in [1.165, 1.54) is 36.4 Å². The quantitative estimate of drug-likeness (QED) is 0.371. The Bertz CT molecular complexity index is 1120. The van der Waals surface area contributed by atoms with Crippen molar-refractivity contribution in [2.75, 3.05) is 0 Å². The van der Waals surface area contributed by atoms with E-state index in [-0.39, 0.29) is 16.7 Å². The molecule has 0 radical (unpaired) electrons. The second-order valence-electron chi connectivity index (χ2n) is 6.44. The van der Waals surface area contributed by atoms with Crippen molar-refractivity contribution in [1.82, 2.24) is 0 Å². The Kier molecular flexibility index (Phi) is 6.06. The van der Waals surface area contributed by atoms with E-state index in [0.717, 1.165) is 13.0 Å². The molecule has 3 rings (SSSR count). The SMILES string of the molecule is CC(F)=C(F)c1ccc(-c2ccc(-c3cc(F)c(OC(F)(F)F)c(F)c3)c(F)c2)cc1. The number of rotatable bonds is 4. The average molecular weight is 444 g/mol. The van der Waals surface area contributed by atoms with Crippen LogP contribution in [0.15, 0.2) is 60.4 Å². The highest BCUT2D eigenvalue weighted by atomic mass is 19.4. The van der Waals surface area contributed by atoms with E-state index >= 15 is 0 Å². The van der Waals surface area contributed by atoms with Gasteiger partial charge < -0.3 is 4.74 Å². The Balaban J connectivity index is 1.94. The minimum Gasteiger partial charge on any atom is -0.399 e. The molecule has 0 amide bonds. The summed E-state index contributed by atoms with van der Waals surface area (Å²) < 4.78 is 109. The van der Waals surface area contributed by atoms with Crippen LogP contribution in [-0.4, -0.2) is 6.36 Å². The van der Waals surface area contributed by atoms with Gasteiger partial charge in [0.25, 0.3) is 0 Å². The average Bonchev–Trinajstić information content (AvgIpc) is 2.69. The minimum atomic E-state index is -5.30. The Morgan fingerprint density at radius 3 is 1.71 bits per heavy atom. The minimum absolute atomic E-state index is 0.00652. The van der Waals surface area contributed by atoms with E-state index in [1.807, 2.05) is 0 Å². The maximum Gasteiger partial charge on any atom is 0.573 e. The zero-order valence-electron chi connectivity index (χ0n) is 15.6.